The Balaban J connectivity index is 1.39. The lowest BCUT2D eigenvalue weighted by molar-refractivity contribution is -0.144. The van der Waals surface area contributed by atoms with Crippen LogP contribution in [0.3, 0.4) is 0 Å². The summed E-state index contributed by atoms with van der Waals surface area (Å²) in [5.41, 5.74) is 5.21. The molecule has 0 saturated heterocycles. The number of nitrogens with one attached hydrogen (secondary N) is 1. The van der Waals surface area contributed by atoms with Crippen LogP contribution in [0, 0.1) is 5.41 Å². The molecule has 2 N–H and O–H groups in total. The molecular weight excluding hydrogens is 590 g/mol. The Labute approximate surface area is 263 Å². The fourth-order valence-corrected chi connectivity index (χ4v) is 7.93. The molecule has 3 aromatic carbocycles. The zero-order valence-corrected chi connectivity index (χ0v) is 26.3. The Morgan fingerprint density at radius 2 is 1.78 bits per heavy atom. The molecule has 7 rings (SSSR count). The second-order valence-corrected chi connectivity index (χ2v) is 14.8. The van der Waals surface area contributed by atoms with E-state index in [0.717, 1.165) is 63.3 Å². The van der Waals surface area contributed by atoms with Crippen molar-refractivity contribution in [3.05, 3.63) is 89.0 Å². The van der Waals surface area contributed by atoms with E-state index >= 15 is 0 Å². The van der Waals surface area contributed by atoms with Crippen LogP contribution < -0.4 is 9.46 Å². The fourth-order valence-electron chi connectivity index (χ4n) is 7.39. The summed E-state index contributed by atoms with van der Waals surface area (Å²) in [6, 6.07) is 21.3. The van der Waals surface area contributed by atoms with Crippen LogP contribution in [0.2, 0.25) is 0 Å². The number of carboxylic acid groups (broad SMARTS) is 1. The predicted molar refractivity (Wildman–Crippen MR) is 171 cm³/mol. The highest BCUT2D eigenvalue weighted by molar-refractivity contribution is 7.87. The molecule has 0 bridgehead atoms. The van der Waals surface area contributed by atoms with Crippen molar-refractivity contribution < 1.29 is 27.9 Å². The third-order valence-electron chi connectivity index (χ3n) is 9.93. The standard InChI is InChI=1S/C35H37N3O6S/c1-37(2)45(42,43)36-33(39)24-13-15-27-30(17-24)38-21-35(34(40)41)19-29(35)28-18-25(44-20-22-9-5-3-6-10-22)14-16-26(28)32(38)31(27)23-11-7-4-8-12-23/h3,5-6,9-10,13-18,23,29H,4,7-8,11-12,19-21H2,1-2H3,(H,36,39)(H,40,41). The Bertz CT molecular complexity index is 1930. The second-order valence-electron chi connectivity index (χ2n) is 12.9. The number of fused-ring (bicyclic) bond motifs is 7. The van der Waals surface area contributed by atoms with E-state index in [1.165, 1.54) is 26.1 Å². The SMILES string of the molecule is CN(C)S(=O)(=O)NC(=O)c1ccc2c(C3CCCCC3)c3n(c2c1)CC1(C(=O)O)CC1c1cc(OCc2ccccc2)ccc1-3. The summed E-state index contributed by atoms with van der Waals surface area (Å²) >= 11 is 0. The van der Waals surface area contributed by atoms with Gasteiger partial charge in [-0.25, -0.2) is 4.72 Å². The zero-order valence-electron chi connectivity index (χ0n) is 25.5. The molecule has 1 aromatic heterocycles. The third-order valence-corrected chi connectivity index (χ3v) is 11.3. The maximum atomic E-state index is 13.2. The van der Waals surface area contributed by atoms with Crippen LogP contribution in [0.25, 0.3) is 22.2 Å². The van der Waals surface area contributed by atoms with Gasteiger partial charge in [0.2, 0.25) is 0 Å². The first-order chi connectivity index (χ1) is 21.6. The summed E-state index contributed by atoms with van der Waals surface area (Å²) in [5, 5.41) is 11.6. The first kappa shape index (κ1) is 29.6. The van der Waals surface area contributed by atoms with E-state index in [1.54, 1.807) is 12.1 Å². The van der Waals surface area contributed by atoms with Crippen LogP contribution >= 0.6 is 0 Å². The van der Waals surface area contributed by atoms with Gasteiger partial charge >= 0.3 is 16.2 Å². The molecule has 0 radical (unpaired) electrons. The molecule has 9 nitrogen and oxygen atoms in total. The van der Waals surface area contributed by atoms with Crippen molar-refractivity contribution >= 4 is 33.0 Å². The molecule has 234 valence electrons. The number of hydrogen-bond acceptors (Lipinski definition) is 5. The Hall–Kier alpha value is -4.15. The van der Waals surface area contributed by atoms with Crippen LogP contribution in [0.15, 0.2) is 66.7 Å². The molecule has 45 heavy (non-hydrogen) atoms. The number of carboxylic acids is 1. The minimum Gasteiger partial charge on any atom is -0.489 e. The number of benzene rings is 3. The average Bonchev–Trinajstić information content (AvgIpc) is 3.71. The van der Waals surface area contributed by atoms with E-state index in [9.17, 15) is 23.1 Å². The summed E-state index contributed by atoms with van der Waals surface area (Å²) < 4.78 is 36.3. The van der Waals surface area contributed by atoms with Crippen molar-refractivity contribution in [1.29, 1.82) is 0 Å². The van der Waals surface area contributed by atoms with Gasteiger partial charge in [0.15, 0.2) is 0 Å². The van der Waals surface area contributed by atoms with Crippen molar-refractivity contribution in [3.63, 3.8) is 0 Å². The molecule has 4 aromatic rings. The second kappa shape index (κ2) is 11.0. The number of hydrogen-bond donors (Lipinski definition) is 2. The normalized spacial score (nSPS) is 21.0. The van der Waals surface area contributed by atoms with Gasteiger partial charge in [-0.3, -0.25) is 9.59 Å². The zero-order chi connectivity index (χ0) is 31.5. The van der Waals surface area contributed by atoms with Gasteiger partial charge in [-0.2, -0.15) is 12.7 Å². The van der Waals surface area contributed by atoms with Crippen molar-refractivity contribution in [3.8, 4) is 17.0 Å². The minimum absolute atomic E-state index is 0.170. The molecular formula is C35H37N3O6S. The van der Waals surface area contributed by atoms with Crippen LogP contribution in [-0.2, 0) is 28.2 Å². The third kappa shape index (κ3) is 5.10. The van der Waals surface area contributed by atoms with Crippen LogP contribution in [-0.4, -0.2) is 48.4 Å². The maximum absolute atomic E-state index is 13.2. The molecule has 3 aliphatic rings. The lowest BCUT2D eigenvalue weighted by Gasteiger charge is -2.24. The van der Waals surface area contributed by atoms with E-state index in [4.69, 9.17) is 4.74 Å². The Kier molecular flexibility index (Phi) is 7.24. The van der Waals surface area contributed by atoms with E-state index in [1.807, 2.05) is 48.5 Å². The Morgan fingerprint density at radius 1 is 1.02 bits per heavy atom. The van der Waals surface area contributed by atoms with Gasteiger partial charge in [0, 0.05) is 48.6 Å². The number of rotatable bonds is 8. The van der Waals surface area contributed by atoms with Gasteiger partial charge in [-0.15, -0.1) is 0 Å². The number of aromatic nitrogens is 1. The van der Waals surface area contributed by atoms with Gasteiger partial charge < -0.3 is 14.4 Å². The molecule has 1 amide bonds. The highest BCUT2D eigenvalue weighted by atomic mass is 32.2. The summed E-state index contributed by atoms with van der Waals surface area (Å²) in [4.78, 5) is 26.1. The van der Waals surface area contributed by atoms with Crippen molar-refractivity contribution in [2.24, 2.45) is 5.41 Å². The van der Waals surface area contributed by atoms with E-state index in [-0.39, 0.29) is 18.0 Å². The number of aliphatic carboxylic acids is 1. The van der Waals surface area contributed by atoms with E-state index in [0.29, 0.717) is 24.7 Å². The maximum Gasteiger partial charge on any atom is 0.312 e. The fraction of sp³-hybridized carbons (Fsp3) is 0.371. The summed E-state index contributed by atoms with van der Waals surface area (Å²) in [5.74, 6) is -0.742. The van der Waals surface area contributed by atoms with Gasteiger partial charge in [0.05, 0.1) is 11.1 Å². The van der Waals surface area contributed by atoms with Gasteiger partial charge in [-0.05, 0) is 72.2 Å². The molecule has 0 spiro atoms. The predicted octanol–water partition coefficient (Wildman–Crippen LogP) is 6.04. The summed E-state index contributed by atoms with van der Waals surface area (Å²) in [6.07, 6.45) is 6.03. The number of amides is 1. The smallest absolute Gasteiger partial charge is 0.312 e. The largest absolute Gasteiger partial charge is 0.489 e. The van der Waals surface area contributed by atoms with E-state index < -0.39 is 27.5 Å². The van der Waals surface area contributed by atoms with E-state index in [2.05, 4.69) is 15.4 Å². The Morgan fingerprint density at radius 3 is 2.49 bits per heavy atom. The highest BCUT2D eigenvalue weighted by Gasteiger charge is 2.63. The molecule has 2 saturated carbocycles. The number of nitrogens with zero attached hydrogens (tertiary/aromatic N) is 2. The first-order valence-corrected chi connectivity index (χ1v) is 17.0. The molecule has 1 aliphatic heterocycles. The molecule has 2 atom stereocenters. The lowest BCUT2D eigenvalue weighted by Crippen LogP contribution is -2.39. The molecule has 2 heterocycles. The lowest BCUT2D eigenvalue weighted by atomic mass is 9.81. The summed E-state index contributed by atoms with van der Waals surface area (Å²) in [6.45, 7) is 0.678. The van der Waals surface area contributed by atoms with Gasteiger partial charge in [0.25, 0.3) is 5.91 Å². The number of carbonyl (C=O) groups is 2. The van der Waals surface area contributed by atoms with Gasteiger partial charge in [-0.1, -0.05) is 55.7 Å². The molecule has 2 aliphatic carbocycles. The first-order valence-electron chi connectivity index (χ1n) is 15.5. The topological polar surface area (TPSA) is 118 Å². The van der Waals surface area contributed by atoms with Crippen LogP contribution in [0.4, 0.5) is 0 Å². The quantitative estimate of drug-likeness (QED) is 0.246. The van der Waals surface area contributed by atoms with Crippen LogP contribution in [0.1, 0.15) is 77.4 Å². The highest BCUT2D eigenvalue weighted by Crippen LogP contribution is 2.65. The molecule has 2 unspecified atom stereocenters. The van der Waals surface area contributed by atoms with Crippen molar-refractivity contribution in [2.45, 2.75) is 63.5 Å². The average molecular weight is 628 g/mol. The van der Waals surface area contributed by atoms with Crippen molar-refractivity contribution in [1.82, 2.24) is 13.6 Å². The van der Waals surface area contributed by atoms with Crippen LogP contribution in [0.5, 0.6) is 5.75 Å². The number of carbonyl (C=O) groups excluding carboxylic acids is 1. The minimum atomic E-state index is -3.99. The monoisotopic (exact) mass is 627 g/mol. The summed E-state index contributed by atoms with van der Waals surface area (Å²) in [7, 11) is -1.27. The van der Waals surface area contributed by atoms with Crippen molar-refractivity contribution in [2.75, 3.05) is 14.1 Å². The molecule has 2 fully saturated rings. The molecule has 10 heteroatoms. The number of ether oxygens (including phenoxy) is 1. The van der Waals surface area contributed by atoms with Gasteiger partial charge in [0.1, 0.15) is 12.4 Å².